The number of amides is 1. The maximum Gasteiger partial charge on any atom is 0.257 e. The largest absolute Gasteiger partial charge is 0.494 e. The minimum absolute atomic E-state index is 0.256. The number of carbonyl (C=O) groups is 1. The molecule has 0 aliphatic carbocycles. The summed E-state index contributed by atoms with van der Waals surface area (Å²) >= 11 is 0. The summed E-state index contributed by atoms with van der Waals surface area (Å²) in [6.45, 7) is 7.25. The number of nitrogen functional groups attached to an aromatic ring is 1. The van der Waals surface area contributed by atoms with Crippen LogP contribution in [0.5, 0.6) is 5.75 Å². The maximum absolute atomic E-state index is 13.4. The Labute approximate surface area is 210 Å². The van der Waals surface area contributed by atoms with Crippen molar-refractivity contribution in [3.05, 3.63) is 54.1 Å². The summed E-state index contributed by atoms with van der Waals surface area (Å²) in [6.07, 6.45) is 2.08. The van der Waals surface area contributed by atoms with E-state index in [4.69, 9.17) is 25.2 Å². The van der Waals surface area contributed by atoms with Gasteiger partial charge in [-0.1, -0.05) is 25.5 Å². The van der Waals surface area contributed by atoms with Gasteiger partial charge in [-0.3, -0.25) is 14.3 Å². The summed E-state index contributed by atoms with van der Waals surface area (Å²) in [5.41, 5.74) is 10.2. The minimum Gasteiger partial charge on any atom is -0.494 e. The molecule has 3 N–H and O–H groups in total. The fourth-order valence-corrected chi connectivity index (χ4v) is 4.41. The lowest BCUT2D eigenvalue weighted by Crippen LogP contribution is -2.41. The molecule has 36 heavy (non-hydrogen) atoms. The van der Waals surface area contributed by atoms with Gasteiger partial charge in [0.2, 0.25) is 0 Å². The molecule has 0 saturated carbocycles. The zero-order chi connectivity index (χ0) is 24.9. The molecule has 1 amide bonds. The second-order valence-electron chi connectivity index (χ2n) is 8.89. The van der Waals surface area contributed by atoms with E-state index in [0.29, 0.717) is 41.2 Å². The van der Waals surface area contributed by atoms with E-state index in [1.165, 1.54) is 0 Å². The van der Waals surface area contributed by atoms with E-state index in [0.717, 1.165) is 62.6 Å². The molecule has 0 spiro atoms. The number of carbonyl (C=O) groups excluding carboxylic acids is 1. The Hall–Kier alpha value is -3.69. The second-order valence-corrected chi connectivity index (χ2v) is 8.89. The van der Waals surface area contributed by atoms with Crippen LogP contribution in [0.2, 0.25) is 0 Å². The van der Waals surface area contributed by atoms with Crippen molar-refractivity contribution in [2.45, 2.75) is 19.8 Å². The van der Waals surface area contributed by atoms with Crippen LogP contribution < -0.4 is 15.8 Å². The number of hydrogen-bond acceptors (Lipinski definition) is 7. The monoisotopic (exact) mass is 488 g/mol. The molecule has 0 radical (unpaired) electrons. The summed E-state index contributed by atoms with van der Waals surface area (Å²) in [4.78, 5) is 25.3. The van der Waals surface area contributed by atoms with Gasteiger partial charge in [-0.15, -0.1) is 0 Å². The number of benzene rings is 2. The number of morpholine rings is 1. The highest BCUT2D eigenvalue weighted by molar-refractivity contribution is 6.11. The first-order valence-electron chi connectivity index (χ1n) is 12.5. The highest BCUT2D eigenvalue weighted by Gasteiger charge is 2.25. The number of nitrogens with zero attached hydrogens (tertiary/aromatic N) is 4. The molecule has 2 aromatic carbocycles. The predicted octanol–water partition coefficient (Wildman–Crippen LogP) is 3.40. The number of nitrogens with two attached hydrogens (primary N) is 1. The normalized spacial score (nSPS) is 14.4. The summed E-state index contributed by atoms with van der Waals surface area (Å²) in [6, 6.07) is 15.3. The average Bonchev–Trinajstić information content (AvgIpc) is 3.19. The number of aromatic nitrogens is 3. The lowest BCUT2D eigenvalue weighted by Gasteiger charge is -2.26. The summed E-state index contributed by atoms with van der Waals surface area (Å²) in [5, 5.41) is 3.03. The predicted molar refractivity (Wildman–Crippen MR) is 141 cm³/mol. The van der Waals surface area contributed by atoms with Gasteiger partial charge in [-0.25, -0.2) is 9.97 Å². The van der Waals surface area contributed by atoms with Crippen LogP contribution in [0.25, 0.3) is 27.9 Å². The first-order chi connectivity index (χ1) is 17.7. The van der Waals surface area contributed by atoms with Crippen molar-refractivity contribution in [3.63, 3.8) is 0 Å². The van der Waals surface area contributed by atoms with Gasteiger partial charge in [0, 0.05) is 31.9 Å². The quantitative estimate of drug-likeness (QED) is 0.348. The van der Waals surface area contributed by atoms with Gasteiger partial charge in [0.05, 0.1) is 30.9 Å². The van der Waals surface area contributed by atoms with Crippen LogP contribution >= 0.6 is 0 Å². The van der Waals surface area contributed by atoms with E-state index in [1.54, 1.807) is 4.57 Å². The van der Waals surface area contributed by atoms with E-state index < -0.39 is 0 Å². The van der Waals surface area contributed by atoms with Crippen molar-refractivity contribution in [2.24, 2.45) is 0 Å². The minimum atomic E-state index is -0.256. The number of unbranched alkanes of at least 4 members (excludes halogenated alkanes) is 1. The van der Waals surface area contributed by atoms with Gasteiger partial charge in [0.15, 0.2) is 5.65 Å². The number of rotatable bonds is 9. The standard InChI is InChI=1S/C27H32N6O3/c1-2-3-16-36-20-10-8-19(9-11-20)33-25(28)23(27(34)29-12-13-32-14-17-35-18-15-32)24-26(33)31-22-7-5-4-6-21(22)30-24/h4-11H,2-3,12-18,28H2,1H3,(H,29,34). The Balaban J connectivity index is 1.48. The van der Waals surface area contributed by atoms with E-state index in [2.05, 4.69) is 17.1 Å². The Bertz CT molecular complexity index is 1350. The van der Waals surface area contributed by atoms with Gasteiger partial charge in [-0.05, 0) is 42.8 Å². The molecule has 1 aliphatic heterocycles. The van der Waals surface area contributed by atoms with Crippen molar-refractivity contribution in [3.8, 4) is 11.4 Å². The SMILES string of the molecule is CCCCOc1ccc(-n2c(N)c(C(=O)NCCN3CCOCC3)c3nc4ccccc4nc32)cc1. The molecule has 1 fully saturated rings. The summed E-state index contributed by atoms with van der Waals surface area (Å²) in [7, 11) is 0. The van der Waals surface area contributed by atoms with Crippen molar-refractivity contribution >= 4 is 33.9 Å². The van der Waals surface area contributed by atoms with Crippen LogP contribution in [0.3, 0.4) is 0 Å². The van der Waals surface area contributed by atoms with Crippen LogP contribution in [0.4, 0.5) is 5.82 Å². The molecular weight excluding hydrogens is 456 g/mol. The highest BCUT2D eigenvalue weighted by atomic mass is 16.5. The van der Waals surface area contributed by atoms with E-state index in [9.17, 15) is 4.79 Å². The first-order valence-corrected chi connectivity index (χ1v) is 12.5. The lowest BCUT2D eigenvalue weighted by molar-refractivity contribution is 0.0383. The van der Waals surface area contributed by atoms with Crippen molar-refractivity contribution in [1.29, 1.82) is 0 Å². The van der Waals surface area contributed by atoms with Gasteiger partial charge < -0.3 is 20.5 Å². The molecule has 1 saturated heterocycles. The fraction of sp³-hybridized carbons (Fsp3) is 0.370. The maximum atomic E-state index is 13.4. The van der Waals surface area contributed by atoms with Gasteiger partial charge >= 0.3 is 0 Å². The zero-order valence-corrected chi connectivity index (χ0v) is 20.6. The number of nitrogens with one attached hydrogen (secondary N) is 1. The van der Waals surface area contributed by atoms with Gasteiger partial charge in [0.25, 0.3) is 5.91 Å². The molecule has 0 unspecified atom stereocenters. The average molecular weight is 489 g/mol. The van der Waals surface area contributed by atoms with E-state index in [-0.39, 0.29) is 5.91 Å². The molecule has 4 aromatic rings. The molecule has 3 heterocycles. The zero-order valence-electron chi connectivity index (χ0n) is 20.6. The number of fused-ring (bicyclic) bond motifs is 2. The van der Waals surface area contributed by atoms with E-state index >= 15 is 0 Å². The number of anilines is 1. The van der Waals surface area contributed by atoms with Crippen molar-refractivity contribution in [2.75, 3.05) is 51.7 Å². The van der Waals surface area contributed by atoms with Gasteiger partial charge in [-0.2, -0.15) is 0 Å². The topological polar surface area (TPSA) is 108 Å². The Morgan fingerprint density at radius 3 is 2.53 bits per heavy atom. The number of ether oxygens (including phenoxy) is 2. The molecule has 9 nitrogen and oxygen atoms in total. The smallest absolute Gasteiger partial charge is 0.257 e. The van der Waals surface area contributed by atoms with Crippen LogP contribution in [0, 0.1) is 0 Å². The molecule has 9 heteroatoms. The Kier molecular flexibility index (Phi) is 7.29. The number of para-hydroxylation sites is 2. The highest BCUT2D eigenvalue weighted by Crippen LogP contribution is 2.31. The van der Waals surface area contributed by atoms with Crippen molar-refractivity contribution in [1.82, 2.24) is 24.8 Å². The van der Waals surface area contributed by atoms with Crippen LogP contribution in [0.1, 0.15) is 30.1 Å². The van der Waals surface area contributed by atoms with Gasteiger partial charge in [0.1, 0.15) is 22.6 Å². The number of hydrogen-bond donors (Lipinski definition) is 2. The Morgan fingerprint density at radius 1 is 1.08 bits per heavy atom. The van der Waals surface area contributed by atoms with Crippen LogP contribution in [0.15, 0.2) is 48.5 Å². The van der Waals surface area contributed by atoms with E-state index in [1.807, 2.05) is 48.5 Å². The molecule has 0 atom stereocenters. The van der Waals surface area contributed by atoms with Crippen LogP contribution in [-0.2, 0) is 4.74 Å². The molecular formula is C27H32N6O3. The first kappa shape index (κ1) is 24.0. The Morgan fingerprint density at radius 2 is 1.81 bits per heavy atom. The third-order valence-corrected chi connectivity index (χ3v) is 6.40. The second kappa shape index (κ2) is 10.9. The fourth-order valence-electron chi connectivity index (χ4n) is 4.41. The third-order valence-electron chi connectivity index (χ3n) is 6.40. The lowest BCUT2D eigenvalue weighted by atomic mass is 10.2. The molecule has 5 rings (SSSR count). The molecule has 188 valence electrons. The van der Waals surface area contributed by atoms with Crippen molar-refractivity contribution < 1.29 is 14.3 Å². The molecule has 1 aliphatic rings. The summed E-state index contributed by atoms with van der Waals surface area (Å²) in [5.74, 6) is 0.845. The van der Waals surface area contributed by atoms with Crippen LogP contribution in [-0.4, -0.2) is 71.3 Å². The third kappa shape index (κ3) is 4.98. The molecule has 0 bridgehead atoms. The molecule has 2 aromatic heterocycles. The summed E-state index contributed by atoms with van der Waals surface area (Å²) < 4.78 is 13.0.